The number of hydrogen-bond donors (Lipinski definition) is 0. The Morgan fingerprint density at radius 3 is 2.04 bits per heavy atom. The molecule has 0 atom stereocenters. The summed E-state index contributed by atoms with van der Waals surface area (Å²) in [6.07, 6.45) is 2.16. The van der Waals surface area contributed by atoms with Crippen LogP contribution >= 0.6 is 0 Å². The molecule has 1 aliphatic heterocycles. The maximum absolute atomic E-state index is 12.5. The molecule has 0 bridgehead atoms. The van der Waals surface area contributed by atoms with Gasteiger partial charge in [-0.15, -0.1) is 0 Å². The lowest BCUT2D eigenvalue weighted by molar-refractivity contribution is -0.142. The number of piperazine rings is 1. The highest BCUT2D eigenvalue weighted by Crippen LogP contribution is 2.16. The van der Waals surface area contributed by atoms with Gasteiger partial charge in [0.05, 0.1) is 13.0 Å². The van der Waals surface area contributed by atoms with Crippen molar-refractivity contribution in [3.8, 4) is 5.75 Å². The van der Waals surface area contributed by atoms with Crippen LogP contribution in [0.4, 0.5) is 0 Å². The summed E-state index contributed by atoms with van der Waals surface area (Å²) in [4.78, 5) is 28.7. The minimum absolute atomic E-state index is 0.117. The smallest absolute Gasteiger partial charge is 0.227 e. The minimum atomic E-state index is 0.117. The molecule has 0 saturated carbocycles. The van der Waals surface area contributed by atoms with Crippen molar-refractivity contribution in [2.75, 3.05) is 32.8 Å². The second-order valence-electron chi connectivity index (χ2n) is 6.47. The Morgan fingerprint density at radius 1 is 0.960 bits per heavy atom. The molecular formula is C20H30N2O3. The average Bonchev–Trinajstić information content (AvgIpc) is 2.64. The molecule has 1 aromatic carbocycles. The van der Waals surface area contributed by atoms with Gasteiger partial charge in [-0.2, -0.15) is 0 Å². The van der Waals surface area contributed by atoms with Crippen molar-refractivity contribution in [3.05, 3.63) is 29.8 Å². The third kappa shape index (κ3) is 5.21. The second kappa shape index (κ2) is 9.44. The van der Waals surface area contributed by atoms with E-state index in [2.05, 4.69) is 13.8 Å². The molecular weight excluding hydrogens is 316 g/mol. The predicted molar refractivity (Wildman–Crippen MR) is 98.5 cm³/mol. The SMILES string of the molecule is CCOc1ccc(CC(=O)N2CCN(C(=O)C(CC)CC)CC2)cc1. The first-order valence-corrected chi connectivity index (χ1v) is 9.37. The Hall–Kier alpha value is -2.04. The fourth-order valence-corrected chi connectivity index (χ4v) is 3.23. The zero-order chi connectivity index (χ0) is 18.2. The van der Waals surface area contributed by atoms with Gasteiger partial charge in [-0.1, -0.05) is 26.0 Å². The fourth-order valence-electron chi connectivity index (χ4n) is 3.23. The van der Waals surface area contributed by atoms with Crippen molar-refractivity contribution in [2.45, 2.75) is 40.0 Å². The van der Waals surface area contributed by atoms with Gasteiger partial charge in [0.1, 0.15) is 5.75 Å². The van der Waals surface area contributed by atoms with Gasteiger partial charge in [0, 0.05) is 32.1 Å². The number of hydrogen-bond acceptors (Lipinski definition) is 3. The number of benzene rings is 1. The summed E-state index contributed by atoms with van der Waals surface area (Å²) in [7, 11) is 0. The Labute approximate surface area is 150 Å². The normalized spacial score (nSPS) is 14.7. The molecule has 1 aromatic rings. The Kier molecular flexibility index (Phi) is 7.29. The topological polar surface area (TPSA) is 49.9 Å². The van der Waals surface area contributed by atoms with Crippen LogP contribution in [0.5, 0.6) is 5.75 Å². The van der Waals surface area contributed by atoms with Gasteiger partial charge in [0.15, 0.2) is 0 Å². The maximum atomic E-state index is 12.5. The number of rotatable bonds is 7. The molecule has 1 heterocycles. The summed E-state index contributed by atoms with van der Waals surface area (Å²) in [5.74, 6) is 1.31. The zero-order valence-corrected chi connectivity index (χ0v) is 15.7. The molecule has 1 aliphatic rings. The van der Waals surface area contributed by atoms with E-state index in [1.807, 2.05) is 41.0 Å². The molecule has 5 heteroatoms. The van der Waals surface area contributed by atoms with Crippen LogP contribution in [0.1, 0.15) is 39.2 Å². The van der Waals surface area contributed by atoms with Crippen LogP contribution in [0.2, 0.25) is 0 Å². The van der Waals surface area contributed by atoms with Gasteiger partial charge in [-0.05, 0) is 37.5 Å². The van der Waals surface area contributed by atoms with E-state index in [-0.39, 0.29) is 17.7 Å². The van der Waals surface area contributed by atoms with Crippen LogP contribution in [-0.4, -0.2) is 54.4 Å². The quantitative estimate of drug-likeness (QED) is 0.763. The van der Waals surface area contributed by atoms with Crippen molar-refractivity contribution in [1.82, 2.24) is 9.80 Å². The summed E-state index contributed by atoms with van der Waals surface area (Å²) in [6, 6.07) is 7.68. The third-order valence-electron chi connectivity index (χ3n) is 4.87. The first kappa shape index (κ1) is 19.3. The Morgan fingerprint density at radius 2 is 1.52 bits per heavy atom. The van der Waals surface area contributed by atoms with E-state index in [0.29, 0.717) is 39.2 Å². The fraction of sp³-hybridized carbons (Fsp3) is 0.600. The summed E-state index contributed by atoms with van der Waals surface area (Å²) in [5.41, 5.74) is 0.990. The lowest BCUT2D eigenvalue weighted by Crippen LogP contribution is -2.52. The average molecular weight is 346 g/mol. The van der Waals surface area contributed by atoms with E-state index in [4.69, 9.17) is 4.74 Å². The third-order valence-corrected chi connectivity index (χ3v) is 4.87. The van der Waals surface area contributed by atoms with Gasteiger partial charge in [-0.25, -0.2) is 0 Å². The first-order valence-electron chi connectivity index (χ1n) is 9.37. The van der Waals surface area contributed by atoms with E-state index in [9.17, 15) is 9.59 Å². The molecule has 25 heavy (non-hydrogen) atoms. The molecule has 138 valence electrons. The molecule has 1 saturated heterocycles. The van der Waals surface area contributed by atoms with Gasteiger partial charge < -0.3 is 14.5 Å². The van der Waals surface area contributed by atoms with Crippen molar-refractivity contribution >= 4 is 11.8 Å². The van der Waals surface area contributed by atoms with Gasteiger partial charge in [0.2, 0.25) is 11.8 Å². The lowest BCUT2D eigenvalue weighted by atomic mass is 10.0. The summed E-state index contributed by atoms with van der Waals surface area (Å²) >= 11 is 0. The lowest BCUT2D eigenvalue weighted by Gasteiger charge is -2.36. The van der Waals surface area contributed by atoms with Crippen molar-refractivity contribution in [2.24, 2.45) is 5.92 Å². The summed E-state index contributed by atoms with van der Waals surface area (Å²) in [6.45, 7) is 9.24. The van der Waals surface area contributed by atoms with Crippen molar-refractivity contribution in [1.29, 1.82) is 0 Å². The maximum Gasteiger partial charge on any atom is 0.227 e. The number of carbonyl (C=O) groups is 2. The first-order chi connectivity index (χ1) is 12.1. The van der Waals surface area contributed by atoms with Crippen LogP contribution in [0.15, 0.2) is 24.3 Å². The van der Waals surface area contributed by atoms with E-state index in [0.717, 1.165) is 24.2 Å². The standard InChI is InChI=1S/C20H30N2O3/c1-4-17(5-2)20(24)22-13-11-21(12-14-22)19(23)15-16-7-9-18(10-8-16)25-6-3/h7-10,17H,4-6,11-15H2,1-3H3. The van der Waals surface area contributed by atoms with Gasteiger partial charge in [0.25, 0.3) is 0 Å². The second-order valence-corrected chi connectivity index (χ2v) is 6.47. The largest absolute Gasteiger partial charge is 0.494 e. The number of ether oxygens (including phenoxy) is 1. The molecule has 1 fully saturated rings. The van der Waals surface area contributed by atoms with Gasteiger partial charge in [-0.3, -0.25) is 9.59 Å². The van der Waals surface area contributed by atoms with E-state index < -0.39 is 0 Å². The van der Waals surface area contributed by atoms with E-state index >= 15 is 0 Å². The molecule has 0 N–H and O–H groups in total. The molecule has 2 amide bonds. The van der Waals surface area contributed by atoms with Crippen LogP contribution < -0.4 is 4.74 Å². The molecule has 5 nitrogen and oxygen atoms in total. The van der Waals surface area contributed by atoms with Crippen LogP contribution in [0, 0.1) is 5.92 Å². The highest BCUT2D eigenvalue weighted by atomic mass is 16.5. The van der Waals surface area contributed by atoms with Crippen LogP contribution in [0.25, 0.3) is 0 Å². The Balaban J connectivity index is 1.83. The monoisotopic (exact) mass is 346 g/mol. The Bertz CT molecular complexity index is 559. The van der Waals surface area contributed by atoms with Crippen LogP contribution in [-0.2, 0) is 16.0 Å². The highest BCUT2D eigenvalue weighted by Gasteiger charge is 2.27. The van der Waals surface area contributed by atoms with Crippen molar-refractivity contribution in [3.63, 3.8) is 0 Å². The molecule has 0 spiro atoms. The summed E-state index contributed by atoms with van der Waals surface area (Å²) in [5, 5.41) is 0. The number of nitrogens with zero attached hydrogens (tertiary/aromatic N) is 2. The highest BCUT2D eigenvalue weighted by molar-refractivity contribution is 5.81. The zero-order valence-electron chi connectivity index (χ0n) is 15.7. The number of carbonyl (C=O) groups excluding carboxylic acids is 2. The van der Waals surface area contributed by atoms with E-state index in [1.165, 1.54) is 0 Å². The predicted octanol–water partition coefficient (Wildman–Crippen LogP) is 2.73. The molecule has 2 rings (SSSR count). The number of amides is 2. The molecule has 0 aromatic heterocycles. The van der Waals surface area contributed by atoms with Crippen molar-refractivity contribution < 1.29 is 14.3 Å². The molecule has 0 aliphatic carbocycles. The minimum Gasteiger partial charge on any atom is -0.494 e. The van der Waals surface area contributed by atoms with Gasteiger partial charge >= 0.3 is 0 Å². The van der Waals surface area contributed by atoms with E-state index in [1.54, 1.807) is 0 Å². The van der Waals surface area contributed by atoms with Crippen LogP contribution in [0.3, 0.4) is 0 Å². The molecule has 0 unspecified atom stereocenters. The summed E-state index contributed by atoms with van der Waals surface area (Å²) < 4.78 is 5.42. The molecule has 0 radical (unpaired) electrons.